The van der Waals surface area contributed by atoms with Gasteiger partial charge < -0.3 is 0 Å². The molecular weight excluding hydrogens is 126 g/mol. The Kier molecular flexibility index (Phi) is 1.76. The molecule has 0 aromatic rings. The molecule has 0 aromatic heterocycles. The maximum absolute atomic E-state index is 10.9. The maximum atomic E-state index is 10.9. The third-order valence-corrected chi connectivity index (χ3v) is 2.04. The third-order valence-electron chi connectivity index (χ3n) is 2.04. The quantitative estimate of drug-likeness (QED) is 0.509. The van der Waals surface area contributed by atoms with E-state index in [-0.39, 0.29) is 11.2 Å². The fraction of sp³-hybridized carbons (Fsp3) is 0.750. The first-order valence-corrected chi connectivity index (χ1v) is 3.59. The molecule has 0 N–H and O–H groups in total. The predicted molar refractivity (Wildman–Crippen MR) is 37.2 cm³/mol. The summed E-state index contributed by atoms with van der Waals surface area (Å²) in [5, 5.41) is 8.67. The molecule has 0 saturated heterocycles. The van der Waals surface area contributed by atoms with Gasteiger partial charge in [0.25, 0.3) is 0 Å². The van der Waals surface area contributed by atoms with Crippen LogP contribution in [0.25, 0.3) is 0 Å². The van der Waals surface area contributed by atoms with Gasteiger partial charge in [-0.25, -0.2) is 0 Å². The Bertz CT molecular complexity index is 192. The van der Waals surface area contributed by atoms with Gasteiger partial charge >= 0.3 is 0 Å². The smallest absolute Gasteiger partial charge is 0.134 e. The van der Waals surface area contributed by atoms with E-state index < -0.39 is 0 Å². The molecule has 0 spiro atoms. The van der Waals surface area contributed by atoms with E-state index in [2.05, 4.69) is 6.07 Å². The van der Waals surface area contributed by atoms with Crippen molar-refractivity contribution in [1.82, 2.24) is 0 Å². The molecule has 1 unspecified atom stereocenters. The maximum Gasteiger partial charge on any atom is 0.134 e. The van der Waals surface area contributed by atoms with Crippen molar-refractivity contribution in [2.75, 3.05) is 0 Å². The molecule has 1 aliphatic rings. The van der Waals surface area contributed by atoms with Crippen molar-refractivity contribution in [1.29, 1.82) is 5.26 Å². The van der Waals surface area contributed by atoms with E-state index >= 15 is 0 Å². The summed E-state index contributed by atoms with van der Waals surface area (Å²) >= 11 is 0. The fourth-order valence-corrected chi connectivity index (χ4v) is 1.38. The van der Waals surface area contributed by atoms with Gasteiger partial charge in [0.1, 0.15) is 5.78 Å². The summed E-state index contributed by atoms with van der Waals surface area (Å²) in [6, 6.07) is 2.19. The zero-order chi connectivity index (χ0) is 7.61. The number of hydrogen-bond acceptors (Lipinski definition) is 2. The van der Waals surface area contributed by atoms with Gasteiger partial charge in [0, 0.05) is 12.8 Å². The molecule has 0 aromatic carbocycles. The Labute approximate surface area is 60.8 Å². The first kappa shape index (κ1) is 7.27. The van der Waals surface area contributed by atoms with Crippen molar-refractivity contribution in [2.24, 2.45) is 5.41 Å². The minimum absolute atomic E-state index is 0.246. The van der Waals surface area contributed by atoms with Crippen LogP contribution in [0.15, 0.2) is 0 Å². The van der Waals surface area contributed by atoms with Gasteiger partial charge in [0.2, 0.25) is 0 Å². The fourth-order valence-electron chi connectivity index (χ4n) is 1.38. The van der Waals surface area contributed by atoms with Crippen LogP contribution in [0, 0.1) is 16.7 Å². The van der Waals surface area contributed by atoms with Crippen LogP contribution in [0.1, 0.15) is 32.6 Å². The number of ketones is 1. The number of Topliss-reactive ketones (excluding diaryl/α,β-unsaturated/α-hetero) is 1. The Morgan fingerprint density at radius 1 is 1.70 bits per heavy atom. The number of carbonyl (C=O) groups is 1. The van der Waals surface area contributed by atoms with Gasteiger partial charge in [-0.1, -0.05) is 0 Å². The van der Waals surface area contributed by atoms with Crippen LogP contribution in [-0.4, -0.2) is 5.78 Å². The van der Waals surface area contributed by atoms with Crippen LogP contribution < -0.4 is 0 Å². The van der Waals surface area contributed by atoms with Gasteiger partial charge in [-0.2, -0.15) is 5.26 Å². The molecule has 1 atom stereocenters. The SMILES string of the molecule is CC1(C#N)CCCC(=O)C1. The van der Waals surface area contributed by atoms with Crippen molar-refractivity contribution in [3.05, 3.63) is 0 Å². The molecule has 2 nitrogen and oxygen atoms in total. The first-order valence-electron chi connectivity index (χ1n) is 3.59. The lowest BCUT2D eigenvalue weighted by molar-refractivity contribution is -0.122. The van der Waals surface area contributed by atoms with Crippen LogP contribution in [0.4, 0.5) is 0 Å². The average Bonchev–Trinajstić information content (AvgIpc) is 1.88. The molecule has 1 saturated carbocycles. The van der Waals surface area contributed by atoms with E-state index in [1.54, 1.807) is 0 Å². The summed E-state index contributed by atoms with van der Waals surface area (Å²) < 4.78 is 0. The molecule has 1 rings (SSSR count). The summed E-state index contributed by atoms with van der Waals surface area (Å²) in [5.74, 6) is 0.246. The van der Waals surface area contributed by atoms with Crippen LogP contribution in [0.5, 0.6) is 0 Å². The van der Waals surface area contributed by atoms with Crippen molar-refractivity contribution in [2.45, 2.75) is 32.6 Å². The minimum Gasteiger partial charge on any atom is -0.300 e. The average molecular weight is 137 g/mol. The molecule has 0 aliphatic heterocycles. The van der Waals surface area contributed by atoms with Crippen LogP contribution in [0.3, 0.4) is 0 Å². The summed E-state index contributed by atoms with van der Waals surface area (Å²) in [6.45, 7) is 1.87. The lowest BCUT2D eigenvalue weighted by atomic mass is 9.76. The third kappa shape index (κ3) is 1.36. The Morgan fingerprint density at radius 3 is 2.80 bits per heavy atom. The van der Waals surface area contributed by atoms with E-state index in [0.29, 0.717) is 12.8 Å². The summed E-state index contributed by atoms with van der Waals surface area (Å²) in [6.07, 6.45) is 2.92. The molecule has 1 fully saturated rings. The summed E-state index contributed by atoms with van der Waals surface area (Å²) in [5.41, 5.74) is -0.352. The molecule has 10 heavy (non-hydrogen) atoms. The van der Waals surface area contributed by atoms with E-state index in [1.165, 1.54) is 0 Å². The summed E-state index contributed by atoms with van der Waals surface area (Å²) in [7, 11) is 0. The van der Waals surface area contributed by atoms with Crippen molar-refractivity contribution in [3.63, 3.8) is 0 Å². The zero-order valence-electron chi connectivity index (χ0n) is 6.18. The topological polar surface area (TPSA) is 40.9 Å². The lowest BCUT2D eigenvalue weighted by Gasteiger charge is -2.24. The number of carbonyl (C=O) groups excluding carboxylic acids is 1. The van der Waals surface area contributed by atoms with Gasteiger partial charge in [0.05, 0.1) is 11.5 Å². The highest BCUT2D eigenvalue weighted by Crippen LogP contribution is 2.32. The second-order valence-electron chi connectivity index (χ2n) is 3.24. The Balaban J connectivity index is 2.64. The molecule has 0 amide bonds. The zero-order valence-corrected chi connectivity index (χ0v) is 6.18. The minimum atomic E-state index is -0.352. The van der Waals surface area contributed by atoms with Crippen LogP contribution in [-0.2, 0) is 4.79 Å². The highest BCUT2D eigenvalue weighted by Gasteiger charge is 2.30. The van der Waals surface area contributed by atoms with Crippen molar-refractivity contribution >= 4 is 5.78 Å². The van der Waals surface area contributed by atoms with Gasteiger partial charge in [-0.15, -0.1) is 0 Å². The molecule has 0 bridgehead atoms. The normalized spacial score (nSPS) is 33.4. The molecule has 1 aliphatic carbocycles. The summed E-state index contributed by atoms with van der Waals surface area (Å²) in [4.78, 5) is 10.9. The second-order valence-corrected chi connectivity index (χ2v) is 3.24. The number of hydrogen-bond donors (Lipinski definition) is 0. The molecule has 0 radical (unpaired) electrons. The van der Waals surface area contributed by atoms with Gasteiger partial charge in [-0.3, -0.25) is 4.79 Å². The molecule has 54 valence electrons. The van der Waals surface area contributed by atoms with E-state index in [1.807, 2.05) is 6.92 Å². The van der Waals surface area contributed by atoms with Gasteiger partial charge in [0.15, 0.2) is 0 Å². The first-order chi connectivity index (χ1) is 4.66. The van der Waals surface area contributed by atoms with E-state index in [9.17, 15) is 4.79 Å². The molecule has 2 heteroatoms. The van der Waals surface area contributed by atoms with E-state index in [4.69, 9.17) is 5.26 Å². The monoisotopic (exact) mass is 137 g/mol. The van der Waals surface area contributed by atoms with Crippen LogP contribution >= 0.6 is 0 Å². The Morgan fingerprint density at radius 2 is 2.40 bits per heavy atom. The van der Waals surface area contributed by atoms with E-state index in [0.717, 1.165) is 12.8 Å². The predicted octanol–water partition coefficient (Wildman–Crippen LogP) is 1.66. The number of nitriles is 1. The van der Waals surface area contributed by atoms with Crippen molar-refractivity contribution < 1.29 is 4.79 Å². The van der Waals surface area contributed by atoms with Gasteiger partial charge in [-0.05, 0) is 19.8 Å². The lowest BCUT2D eigenvalue weighted by Crippen LogP contribution is -2.23. The largest absolute Gasteiger partial charge is 0.300 e. The van der Waals surface area contributed by atoms with Crippen molar-refractivity contribution in [3.8, 4) is 6.07 Å². The molecule has 0 heterocycles. The second kappa shape index (κ2) is 2.42. The number of rotatable bonds is 0. The standard InChI is InChI=1S/C8H11NO/c1-8(6-9)4-2-3-7(10)5-8/h2-5H2,1H3. The number of nitrogens with zero attached hydrogens (tertiary/aromatic N) is 1. The highest BCUT2D eigenvalue weighted by atomic mass is 16.1. The Hall–Kier alpha value is -0.840. The van der Waals surface area contributed by atoms with Crippen LogP contribution in [0.2, 0.25) is 0 Å². The highest BCUT2D eigenvalue weighted by molar-refractivity contribution is 5.80. The molecular formula is C8H11NO.